The molecule has 0 fully saturated rings. The van der Waals surface area contributed by atoms with Crippen LogP contribution >= 0.6 is 0 Å². The summed E-state index contributed by atoms with van der Waals surface area (Å²) in [5.74, 6) is 1.33. The van der Waals surface area contributed by atoms with Crippen LogP contribution in [0.1, 0.15) is 22.7 Å². The number of aromatic nitrogens is 4. The lowest BCUT2D eigenvalue weighted by Gasteiger charge is -2.07. The summed E-state index contributed by atoms with van der Waals surface area (Å²) < 4.78 is 5.08. The molecule has 2 aromatic rings. The zero-order chi connectivity index (χ0) is 14.7. The second-order valence-corrected chi connectivity index (χ2v) is 4.48. The molecule has 0 bridgehead atoms. The molecular weight excluding hydrogens is 258 g/mol. The van der Waals surface area contributed by atoms with Gasteiger partial charge in [0, 0.05) is 14.1 Å². The monoisotopic (exact) mass is 273 g/mol. The maximum atomic E-state index is 9.18. The topological polar surface area (TPSA) is 104 Å². The van der Waals surface area contributed by atoms with Gasteiger partial charge in [0.05, 0.1) is 12.2 Å². The molecule has 0 saturated heterocycles. The van der Waals surface area contributed by atoms with E-state index >= 15 is 0 Å². The molecule has 0 spiro atoms. The van der Waals surface area contributed by atoms with Gasteiger partial charge >= 0.3 is 0 Å². The summed E-state index contributed by atoms with van der Waals surface area (Å²) >= 11 is 0. The normalized spacial score (nSPS) is 10.2. The lowest BCUT2D eigenvalue weighted by Crippen LogP contribution is -2.11. The molecule has 0 aliphatic carbocycles. The van der Waals surface area contributed by atoms with Gasteiger partial charge in [-0.3, -0.25) is 0 Å². The van der Waals surface area contributed by atoms with E-state index in [1.54, 1.807) is 4.90 Å². The first-order chi connectivity index (χ1) is 9.52. The van der Waals surface area contributed by atoms with Crippen LogP contribution in [0.15, 0.2) is 4.52 Å². The van der Waals surface area contributed by atoms with Crippen molar-refractivity contribution in [2.75, 3.05) is 24.3 Å². The molecule has 2 aromatic heterocycles. The average molecular weight is 273 g/mol. The minimum atomic E-state index is 0.284. The molecule has 20 heavy (non-hydrogen) atoms. The maximum absolute atomic E-state index is 9.18. The zero-order valence-electron chi connectivity index (χ0n) is 11.8. The van der Waals surface area contributed by atoms with Gasteiger partial charge in [-0.05, 0) is 24.6 Å². The SMILES string of the molecule is Cc1nnc(NCc2nc(N(C)C)no2)c(C#N)c1C. The summed E-state index contributed by atoms with van der Waals surface area (Å²) in [6, 6.07) is 2.12. The molecule has 0 saturated carbocycles. The highest BCUT2D eigenvalue weighted by atomic mass is 16.5. The smallest absolute Gasteiger partial charge is 0.265 e. The van der Waals surface area contributed by atoms with E-state index in [1.807, 2.05) is 27.9 Å². The van der Waals surface area contributed by atoms with Crippen LogP contribution in [-0.4, -0.2) is 34.4 Å². The number of rotatable bonds is 4. The van der Waals surface area contributed by atoms with Gasteiger partial charge in [0.2, 0.25) is 5.89 Å². The molecule has 8 heteroatoms. The second kappa shape index (κ2) is 5.52. The van der Waals surface area contributed by atoms with Gasteiger partial charge in [0.1, 0.15) is 11.6 Å². The Bertz CT molecular complexity index is 656. The van der Waals surface area contributed by atoms with Crippen LogP contribution in [-0.2, 0) is 6.54 Å². The third-order valence-electron chi connectivity index (χ3n) is 2.83. The van der Waals surface area contributed by atoms with Crippen molar-refractivity contribution in [3.8, 4) is 6.07 Å². The van der Waals surface area contributed by atoms with Crippen LogP contribution in [0.25, 0.3) is 0 Å². The highest BCUT2D eigenvalue weighted by molar-refractivity contribution is 5.55. The summed E-state index contributed by atoms with van der Waals surface area (Å²) in [6.07, 6.45) is 0. The Balaban J connectivity index is 2.15. The first kappa shape index (κ1) is 13.7. The van der Waals surface area contributed by atoms with Crippen LogP contribution in [0.4, 0.5) is 11.8 Å². The van der Waals surface area contributed by atoms with E-state index in [4.69, 9.17) is 4.52 Å². The molecule has 0 unspecified atom stereocenters. The van der Waals surface area contributed by atoms with E-state index in [0.29, 0.717) is 23.2 Å². The minimum Gasteiger partial charge on any atom is -0.358 e. The quantitative estimate of drug-likeness (QED) is 0.880. The molecular formula is C12H15N7O. The lowest BCUT2D eigenvalue weighted by molar-refractivity contribution is 0.383. The zero-order valence-corrected chi connectivity index (χ0v) is 11.8. The third-order valence-corrected chi connectivity index (χ3v) is 2.83. The lowest BCUT2D eigenvalue weighted by atomic mass is 10.1. The van der Waals surface area contributed by atoms with E-state index in [-0.39, 0.29) is 6.54 Å². The van der Waals surface area contributed by atoms with Crippen LogP contribution in [0.3, 0.4) is 0 Å². The molecule has 0 aliphatic rings. The van der Waals surface area contributed by atoms with Gasteiger partial charge < -0.3 is 14.7 Å². The van der Waals surface area contributed by atoms with Gasteiger partial charge in [-0.15, -0.1) is 5.10 Å². The molecule has 0 aromatic carbocycles. The molecule has 0 radical (unpaired) electrons. The minimum absolute atomic E-state index is 0.284. The Morgan fingerprint density at radius 2 is 2.05 bits per heavy atom. The van der Waals surface area contributed by atoms with Crippen LogP contribution in [0.2, 0.25) is 0 Å². The van der Waals surface area contributed by atoms with E-state index in [2.05, 4.69) is 31.7 Å². The van der Waals surface area contributed by atoms with Gasteiger partial charge in [0.15, 0.2) is 5.82 Å². The second-order valence-electron chi connectivity index (χ2n) is 4.48. The first-order valence-electron chi connectivity index (χ1n) is 6.00. The van der Waals surface area contributed by atoms with Crippen molar-refractivity contribution in [2.24, 2.45) is 0 Å². The number of aryl methyl sites for hydroxylation is 1. The van der Waals surface area contributed by atoms with Crippen LogP contribution in [0.5, 0.6) is 0 Å². The van der Waals surface area contributed by atoms with Crippen LogP contribution < -0.4 is 10.2 Å². The van der Waals surface area contributed by atoms with E-state index in [1.165, 1.54) is 0 Å². The Hall–Kier alpha value is -2.69. The number of hydrogen-bond acceptors (Lipinski definition) is 8. The van der Waals surface area contributed by atoms with E-state index in [9.17, 15) is 5.26 Å². The largest absolute Gasteiger partial charge is 0.358 e. The molecule has 2 heterocycles. The number of nitriles is 1. The molecule has 0 atom stereocenters. The molecule has 1 N–H and O–H groups in total. The van der Waals surface area contributed by atoms with Gasteiger partial charge in [-0.25, -0.2) is 0 Å². The Morgan fingerprint density at radius 3 is 2.65 bits per heavy atom. The standard InChI is InChI=1S/C12H15N7O/c1-7-8(2)16-17-11(9(7)5-13)14-6-10-15-12(18-20-10)19(3)4/h6H2,1-4H3,(H,14,17). The third kappa shape index (κ3) is 2.66. The van der Waals surface area contributed by atoms with Crippen molar-refractivity contribution in [2.45, 2.75) is 20.4 Å². The average Bonchev–Trinajstić information content (AvgIpc) is 2.89. The summed E-state index contributed by atoms with van der Waals surface area (Å²) in [7, 11) is 3.65. The van der Waals surface area contributed by atoms with Crippen molar-refractivity contribution >= 4 is 11.8 Å². The fourth-order valence-electron chi connectivity index (χ4n) is 1.53. The fraction of sp³-hybridized carbons (Fsp3) is 0.417. The number of hydrogen-bond donors (Lipinski definition) is 1. The van der Waals surface area contributed by atoms with Crippen molar-refractivity contribution in [1.29, 1.82) is 5.26 Å². The number of anilines is 2. The van der Waals surface area contributed by atoms with Gasteiger partial charge in [0.25, 0.3) is 5.95 Å². The maximum Gasteiger partial charge on any atom is 0.265 e. The Morgan fingerprint density at radius 1 is 1.30 bits per heavy atom. The first-order valence-corrected chi connectivity index (χ1v) is 6.00. The Labute approximate surface area is 116 Å². The van der Waals surface area contributed by atoms with Crippen molar-refractivity contribution in [1.82, 2.24) is 20.3 Å². The fourth-order valence-corrected chi connectivity index (χ4v) is 1.53. The Kier molecular flexibility index (Phi) is 3.79. The van der Waals surface area contributed by atoms with Gasteiger partial charge in [-0.2, -0.15) is 15.3 Å². The highest BCUT2D eigenvalue weighted by Crippen LogP contribution is 2.17. The molecule has 0 amide bonds. The van der Waals surface area contributed by atoms with E-state index in [0.717, 1.165) is 11.3 Å². The number of nitrogens with zero attached hydrogens (tertiary/aromatic N) is 6. The van der Waals surface area contributed by atoms with E-state index < -0.39 is 0 Å². The summed E-state index contributed by atoms with van der Waals surface area (Å²) in [4.78, 5) is 5.91. The molecule has 0 aliphatic heterocycles. The molecule has 104 valence electrons. The predicted octanol–water partition coefficient (Wildman–Crippen LogP) is 1.03. The van der Waals surface area contributed by atoms with Crippen molar-refractivity contribution < 1.29 is 4.52 Å². The predicted molar refractivity (Wildman–Crippen MR) is 72.2 cm³/mol. The highest BCUT2D eigenvalue weighted by Gasteiger charge is 2.12. The molecule has 2 rings (SSSR count). The van der Waals surface area contributed by atoms with Crippen molar-refractivity contribution in [3.63, 3.8) is 0 Å². The van der Waals surface area contributed by atoms with Crippen molar-refractivity contribution in [3.05, 3.63) is 22.7 Å². The number of nitrogens with one attached hydrogen (secondary N) is 1. The summed E-state index contributed by atoms with van der Waals surface area (Å²) in [5, 5.41) is 24.0. The summed E-state index contributed by atoms with van der Waals surface area (Å²) in [5.41, 5.74) is 2.02. The summed E-state index contributed by atoms with van der Waals surface area (Å²) in [6.45, 7) is 3.94. The van der Waals surface area contributed by atoms with Gasteiger partial charge in [-0.1, -0.05) is 0 Å². The van der Waals surface area contributed by atoms with Crippen LogP contribution in [0, 0.1) is 25.2 Å². The molecule has 8 nitrogen and oxygen atoms in total.